The third kappa shape index (κ3) is 4.67. The predicted octanol–water partition coefficient (Wildman–Crippen LogP) is 2.23. The van der Waals surface area contributed by atoms with E-state index in [-0.39, 0.29) is 23.9 Å². The van der Waals surface area contributed by atoms with E-state index in [4.69, 9.17) is 9.47 Å². The fraction of sp³-hybridized carbons (Fsp3) is 0.435. The van der Waals surface area contributed by atoms with E-state index in [1.165, 1.54) is 16.5 Å². The Morgan fingerprint density at radius 1 is 1.23 bits per heavy atom. The second kappa shape index (κ2) is 9.80. The van der Waals surface area contributed by atoms with Crippen LogP contribution >= 0.6 is 0 Å². The lowest BCUT2D eigenvalue weighted by atomic mass is 9.87. The van der Waals surface area contributed by atoms with Crippen LogP contribution in [0.25, 0.3) is 0 Å². The zero-order valence-electron chi connectivity index (χ0n) is 18.0. The molecule has 2 aromatic rings. The average Bonchev–Trinajstić information content (AvgIpc) is 2.74. The average molecular weight is 417 g/mol. The van der Waals surface area contributed by atoms with Crippen molar-refractivity contribution < 1.29 is 23.6 Å². The van der Waals surface area contributed by atoms with Gasteiger partial charge in [-0.3, -0.25) is 0 Å². The van der Waals surface area contributed by atoms with Crippen molar-refractivity contribution in [3.05, 3.63) is 58.9 Å². The third-order valence-electron chi connectivity index (χ3n) is 5.71. The molecule has 2 aromatic carbocycles. The van der Waals surface area contributed by atoms with Gasteiger partial charge in [-0.15, -0.1) is 0 Å². The van der Waals surface area contributed by atoms with Gasteiger partial charge in [-0.05, 0) is 37.6 Å². The number of carbonyl (C=O) groups is 1. The van der Waals surface area contributed by atoms with Crippen molar-refractivity contribution >= 4 is 6.03 Å². The summed E-state index contributed by atoms with van der Waals surface area (Å²) in [5, 5.41) is 5.84. The Bertz CT molecular complexity index is 890. The standard InChI is InChI=1S/C23H30FN3O3/c1-5-25-23(28)26-15(2)22-18-13-21(30-4)20(29-3)12-16(18)10-11-27(22)14-17-8-6-7-9-19(17)24/h6-9,12-13,15,22H,5,10-11,14H2,1-4H3,(H2,25,26,28)/p+1/t15-,22+/m0/s1. The van der Waals surface area contributed by atoms with Gasteiger partial charge in [-0.2, -0.15) is 0 Å². The first-order valence-electron chi connectivity index (χ1n) is 10.4. The first-order valence-corrected chi connectivity index (χ1v) is 10.4. The number of ether oxygens (including phenoxy) is 2. The van der Waals surface area contributed by atoms with Crippen LogP contribution in [-0.2, 0) is 13.0 Å². The van der Waals surface area contributed by atoms with E-state index in [1.807, 2.05) is 38.1 Å². The van der Waals surface area contributed by atoms with Gasteiger partial charge in [0.1, 0.15) is 18.4 Å². The van der Waals surface area contributed by atoms with Gasteiger partial charge in [-0.1, -0.05) is 18.2 Å². The van der Waals surface area contributed by atoms with Gasteiger partial charge in [0.25, 0.3) is 0 Å². The van der Waals surface area contributed by atoms with Crippen LogP contribution in [-0.4, -0.2) is 39.4 Å². The number of urea groups is 1. The van der Waals surface area contributed by atoms with Crippen LogP contribution in [0.15, 0.2) is 36.4 Å². The highest BCUT2D eigenvalue weighted by Crippen LogP contribution is 2.35. The van der Waals surface area contributed by atoms with E-state index in [1.54, 1.807) is 20.3 Å². The minimum Gasteiger partial charge on any atom is -0.493 e. The Hall–Kier alpha value is -2.80. The van der Waals surface area contributed by atoms with Crippen LogP contribution in [0.1, 0.15) is 36.6 Å². The molecule has 3 N–H and O–H groups in total. The molecule has 0 spiro atoms. The normalized spacial score (nSPS) is 18.8. The van der Waals surface area contributed by atoms with Crippen molar-refractivity contribution in [1.82, 2.24) is 10.6 Å². The molecule has 1 unspecified atom stereocenters. The molecule has 7 heteroatoms. The molecule has 30 heavy (non-hydrogen) atoms. The number of amides is 2. The van der Waals surface area contributed by atoms with Crippen molar-refractivity contribution in [2.24, 2.45) is 0 Å². The summed E-state index contributed by atoms with van der Waals surface area (Å²) in [6, 6.07) is 10.4. The number of nitrogens with one attached hydrogen (secondary N) is 3. The Morgan fingerprint density at radius 2 is 1.93 bits per heavy atom. The maximum absolute atomic E-state index is 14.4. The summed E-state index contributed by atoms with van der Waals surface area (Å²) in [5.41, 5.74) is 2.93. The molecule has 1 heterocycles. The second-order valence-electron chi connectivity index (χ2n) is 7.60. The molecule has 3 rings (SSSR count). The molecule has 0 aromatic heterocycles. The van der Waals surface area contributed by atoms with Crippen LogP contribution in [0.4, 0.5) is 9.18 Å². The van der Waals surface area contributed by atoms with Crippen molar-refractivity contribution in [1.29, 1.82) is 0 Å². The minimum atomic E-state index is -0.206. The first-order chi connectivity index (χ1) is 14.5. The van der Waals surface area contributed by atoms with Crippen LogP contribution in [0.3, 0.4) is 0 Å². The summed E-state index contributed by atoms with van der Waals surface area (Å²) in [6.45, 7) is 5.78. The highest BCUT2D eigenvalue weighted by molar-refractivity contribution is 5.74. The zero-order valence-corrected chi connectivity index (χ0v) is 18.0. The van der Waals surface area contributed by atoms with Crippen molar-refractivity contribution in [2.75, 3.05) is 27.3 Å². The Morgan fingerprint density at radius 3 is 2.60 bits per heavy atom. The molecule has 6 nitrogen and oxygen atoms in total. The lowest BCUT2D eigenvalue weighted by Gasteiger charge is -2.38. The molecule has 0 bridgehead atoms. The predicted molar refractivity (Wildman–Crippen MR) is 114 cm³/mol. The fourth-order valence-corrected chi connectivity index (χ4v) is 4.32. The largest absolute Gasteiger partial charge is 0.493 e. The molecule has 0 aliphatic carbocycles. The smallest absolute Gasteiger partial charge is 0.315 e. The van der Waals surface area contributed by atoms with Gasteiger partial charge >= 0.3 is 6.03 Å². The van der Waals surface area contributed by atoms with Crippen LogP contribution < -0.4 is 25.0 Å². The van der Waals surface area contributed by atoms with Gasteiger partial charge in [0.2, 0.25) is 0 Å². The summed E-state index contributed by atoms with van der Waals surface area (Å²) in [4.78, 5) is 13.4. The summed E-state index contributed by atoms with van der Waals surface area (Å²) < 4.78 is 25.4. The van der Waals surface area contributed by atoms with Gasteiger partial charge < -0.3 is 25.0 Å². The number of hydrogen-bond acceptors (Lipinski definition) is 3. The van der Waals surface area contributed by atoms with Crippen molar-refractivity contribution in [3.63, 3.8) is 0 Å². The number of halogens is 1. The molecular weight excluding hydrogens is 385 g/mol. The lowest BCUT2D eigenvalue weighted by molar-refractivity contribution is -0.948. The SMILES string of the molecule is CCNC(=O)N[C@@H](C)[C@@H]1c2cc(OC)c(OC)cc2CC[NH+]1Cc1ccccc1F. The molecule has 0 saturated carbocycles. The topological polar surface area (TPSA) is 64.0 Å². The quantitative estimate of drug-likeness (QED) is 0.649. The lowest BCUT2D eigenvalue weighted by Crippen LogP contribution is -3.13. The van der Waals surface area contributed by atoms with Crippen molar-refractivity contribution in [2.45, 2.75) is 38.9 Å². The molecule has 1 aliphatic rings. The van der Waals surface area contributed by atoms with E-state index in [0.29, 0.717) is 30.2 Å². The summed E-state index contributed by atoms with van der Waals surface area (Å²) in [7, 11) is 3.24. The zero-order chi connectivity index (χ0) is 21.7. The summed E-state index contributed by atoms with van der Waals surface area (Å²) in [5.74, 6) is 1.14. The molecule has 162 valence electrons. The Kier molecular flexibility index (Phi) is 7.15. The summed E-state index contributed by atoms with van der Waals surface area (Å²) >= 11 is 0. The van der Waals surface area contributed by atoms with Gasteiger partial charge in [0.15, 0.2) is 11.5 Å². The highest BCUT2D eigenvalue weighted by atomic mass is 19.1. The van der Waals surface area contributed by atoms with Gasteiger partial charge in [-0.25, -0.2) is 9.18 Å². The van der Waals surface area contributed by atoms with E-state index in [9.17, 15) is 9.18 Å². The number of rotatable bonds is 7. The van der Waals surface area contributed by atoms with E-state index in [0.717, 1.165) is 18.5 Å². The Balaban J connectivity index is 1.99. The van der Waals surface area contributed by atoms with Gasteiger partial charge in [0, 0.05) is 24.1 Å². The highest BCUT2D eigenvalue weighted by Gasteiger charge is 2.37. The molecule has 3 atom stereocenters. The number of fused-ring (bicyclic) bond motifs is 1. The minimum absolute atomic E-state index is 0.0595. The molecule has 2 amide bonds. The number of carbonyl (C=O) groups excluding carboxylic acids is 1. The monoisotopic (exact) mass is 416 g/mol. The summed E-state index contributed by atoms with van der Waals surface area (Å²) in [6.07, 6.45) is 0.837. The maximum atomic E-state index is 14.4. The number of quaternary nitrogens is 1. The Labute approximate surface area is 177 Å². The third-order valence-corrected chi connectivity index (χ3v) is 5.71. The van der Waals surface area contributed by atoms with E-state index < -0.39 is 0 Å². The van der Waals surface area contributed by atoms with Crippen LogP contribution in [0.2, 0.25) is 0 Å². The molecule has 0 radical (unpaired) electrons. The molecular formula is C23H31FN3O3+. The molecule has 1 aliphatic heterocycles. The maximum Gasteiger partial charge on any atom is 0.315 e. The van der Waals surface area contributed by atoms with Crippen LogP contribution in [0.5, 0.6) is 11.5 Å². The fourth-order valence-electron chi connectivity index (χ4n) is 4.32. The number of hydrogen-bond donors (Lipinski definition) is 3. The number of benzene rings is 2. The van der Waals surface area contributed by atoms with Crippen LogP contribution in [0, 0.1) is 5.82 Å². The van der Waals surface area contributed by atoms with E-state index in [2.05, 4.69) is 10.6 Å². The van der Waals surface area contributed by atoms with E-state index >= 15 is 0 Å². The first kappa shape index (κ1) is 21.9. The molecule has 0 fully saturated rings. The van der Waals surface area contributed by atoms with Crippen molar-refractivity contribution in [3.8, 4) is 11.5 Å². The second-order valence-corrected chi connectivity index (χ2v) is 7.60. The van der Waals surface area contributed by atoms with Gasteiger partial charge in [0.05, 0.1) is 26.8 Å². The number of methoxy groups -OCH3 is 2. The molecule has 0 saturated heterocycles.